The highest BCUT2D eigenvalue weighted by Crippen LogP contribution is 2.40. The van der Waals surface area contributed by atoms with Crippen molar-refractivity contribution in [2.24, 2.45) is 5.41 Å². The summed E-state index contributed by atoms with van der Waals surface area (Å²) in [5.74, 6) is -2.33. The SMILES string of the molecule is C=CCCC(NC(=O)C1CCCN1C(=O)C(NC(=O)NC)C1(C)CCCCC1)C(=O)C(=O)NCC=C. The van der Waals surface area contributed by atoms with Gasteiger partial charge in [0, 0.05) is 20.1 Å². The van der Waals surface area contributed by atoms with Crippen molar-refractivity contribution in [1.29, 1.82) is 0 Å². The number of amides is 5. The molecule has 1 aliphatic carbocycles. The Morgan fingerprint density at radius 3 is 2.33 bits per heavy atom. The Hall–Kier alpha value is -3.17. The van der Waals surface area contributed by atoms with Crippen LogP contribution in [0.4, 0.5) is 4.79 Å². The Morgan fingerprint density at radius 1 is 1.03 bits per heavy atom. The fourth-order valence-electron chi connectivity index (χ4n) is 5.09. The highest BCUT2D eigenvalue weighted by molar-refractivity contribution is 6.38. The Labute approximate surface area is 213 Å². The van der Waals surface area contributed by atoms with E-state index in [1.807, 2.05) is 6.92 Å². The van der Waals surface area contributed by atoms with E-state index in [-0.39, 0.29) is 18.9 Å². The summed E-state index contributed by atoms with van der Waals surface area (Å²) in [6.07, 6.45) is 9.41. The summed E-state index contributed by atoms with van der Waals surface area (Å²) in [5, 5.41) is 10.5. The van der Waals surface area contributed by atoms with Gasteiger partial charge in [-0.2, -0.15) is 0 Å². The fraction of sp³-hybridized carbons (Fsp3) is 0.654. The van der Waals surface area contributed by atoms with Crippen molar-refractivity contribution in [3.63, 3.8) is 0 Å². The molecule has 0 aromatic rings. The van der Waals surface area contributed by atoms with Gasteiger partial charge in [0.1, 0.15) is 12.1 Å². The first-order chi connectivity index (χ1) is 17.2. The van der Waals surface area contributed by atoms with Crippen LogP contribution in [0.3, 0.4) is 0 Å². The second-order valence-corrected chi connectivity index (χ2v) is 9.85. The van der Waals surface area contributed by atoms with Crippen LogP contribution in [0.25, 0.3) is 0 Å². The molecule has 2 fully saturated rings. The van der Waals surface area contributed by atoms with E-state index in [9.17, 15) is 24.0 Å². The minimum Gasteiger partial charge on any atom is -0.346 e. The Balaban J connectivity index is 2.21. The standard InChI is InChI=1S/C26H41N5O5/c1-5-7-12-18(20(32)23(34)28-16-6-2)29-22(33)19-13-11-17-31(19)24(35)21(30-25(36)27-4)26(3)14-9-8-10-15-26/h5-6,18-19,21H,1-2,7-17H2,3-4H3,(H,28,34)(H,29,33)(H2,27,30,36). The van der Waals surface area contributed by atoms with Gasteiger partial charge in [-0.25, -0.2) is 4.79 Å². The van der Waals surface area contributed by atoms with Crippen LogP contribution >= 0.6 is 0 Å². The summed E-state index contributed by atoms with van der Waals surface area (Å²) in [7, 11) is 1.50. The molecule has 1 heterocycles. The molecule has 2 rings (SSSR count). The van der Waals surface area contributed by atoms with Gasteiger partial charge in [-0.1, -0.05) is 38.3 Å². The van der Waals surface area contributed by atoms with Crippen molar-refractivity contribution in [3.05, 3.63) is 25.3 Å². The molecule has 1 saturated heterocycles. The van der Waals surface area contributed by atoms with Crippen LogP contribution in [0, 0.1) is 5.41 Å². The lowest BCUT2D eigenvalue weighted by molar-refractivity contribution is -0.144. The third kappa shape index (κ3) is 7.41. The number of ketones is 1. The van der Waals surface area contributed by atoms with Gasteiger partial charge >= 0.3 is 6.03 Å². The zero-order valence-electron chi connectivity index (χ0n) is 21.6. The molecule has 36 heavy (non-hydrogen) atoms. The summed E-state index contributed by atoms with van der Waals surface area (Å²) in [6.45, 7) is 9.69. The molecule has 0 radical (unpaired) electrons. The van der Waals surface area contributed by atoms with Crippen LogP contribution in [0.2, 0.25) is 0 Å². The van der Waals surface area contributed by atoms with Gasteiger partial charge in [-0.05, 0) is 43.9 Å². The fourth-order valence-corrected chi connectivity index (χ4v) is 5.09. The van der Waals surface area contributed by atoms with E-state index in [0.717, 1.165) is 32.1 Å². The molecule has 1 aliphatic heterocycles. The van der Waals surface area contributed by atoms with Gasteiger partial charge in [0.2, 0.25) is 17.6 Å². The molecule has 0 bridgehead atoms. The second-order valence-electron chi connectivity index (χ2n) is 9.85. The summed E-state index contributed by atoms with van der Waals surface area (Å²) in [5.41, 5.74) is -0.419. The maximum atomic E-state index is 13.8. The van der Waals surface area contributed by atoms with E-state index >= 15 is 0 Å². The van der Waals surface area contributed by atoms with E-state index in [1.165, 1.54) is 18.0 Å². The quantitative estimate of drug-likeness (QED) is 0.237. The second kappa shape index (κ2) is 13.8. The number of hydrogen-bond donors (Lipinski definition) is 4. The lowest BCUT2D eigenvalue weighted by Crippen LogP contribution is -2.61. The third-order valence-electron chi connectivity index (χ3n) is 7.20. The lowest BCUT2D eigenvalue weighted by atomic mass is 9.70. The molecule has 0 aromatic heterocycles. The molecule has 1 saturated carbocycles. The Kier molecular flexibility index (Phi) is 11.1. The van der Waals surface area contributed by atoms with E-state index in [0.29, 0.717) is 25.8 Å². The molecular formula is C26H41N5O5. The van der Waals surface area contributed by atoms with Gasteiger partial charge in [-0.3, -0.25) is 19.2 Å². The Morgan fingerprint density at radius 2 is 1.72 bits per heavy atom. The van der Waals surface area contributed by atoms with Crippen molar-refractivity contribution in [2.45, 2.75) is 82.8 Å². The average Bonchev–Trinajstić information content (AvgIpc) is 3.37. The van der Waals surface area contributed by atoms with E-state index in [2.05, 4.69) is 34.4 Å². The van der Waals surface area contributed by atoms with Crippen LogP contribution < -0.4 is 21.3 Å². The highest BCUT2D eigenvalue weighted by Gasteiger charge is 2.46. The summed E-state index contributed by atoms with van der Waals surface area (Å²) >= 11 is 0. The van der Waals surface area contributed by atoms with Crippen LogP contribution in [0.5, 0.6) is 0 Å². The lowest BCUT2D eigenvalue weighted by Gasteiger charge is -2.42. The first kappa shape index (κ1) is 29.1. The van der Waals surface area contributed by atoms with Crippen LogP contribution in [-0.2, 0) is 19.2 Å². The molecule has 10 nitrogen and oxygen atoms in total. The predicted molar refractivity (Wildman–Crippen MR) is 137 cm³/mol. The topological polar surface area (TPSA) is 137 Å². The maximum Gasteiger partial charge on any atom is 0.315 e. The zero-order chi connectivity index (χ0) is 26.7. The number of nitrogens with one attached hydrogen (secondary N) is 4. The van der Waals surface area contributed by atoms with E-state index in [4.69, 9.17) is 0 Å². The van der Waals surface area contributed by atoms with Crippen LogP contribution in [0.1, 0.15) is 64.7 Å². The average molecular weight is 504 g/mol. The van der Waals surface area contributed by atoms with E-state index < -0.39 is 47.2 Å². The number of allylic oxidation sites excluding steroid dienone is 1. The first-order valence-corrected chi connectivity index (χ1v) is 12.8. The van der Waals surface area contributed by atoms with Crippen LogP contribution in [0.15, 0.2) is 25.3 Å². The van der Waals surface area contributed by atoms with E-state index in [1.54, 1.807) is 6.08 Å². The number of carbonyl (C=O) groups excluding carboxylic acids is 5. The Bertz CT molecular complexity index is 852. The van der Waals surface area contributed by atoms with Gasteiger partial charge in [-0.15, -0.1) is 13.2 Å². The number of rotatable bonds is 12. The number of Topliss-reactive ketones (excluding diaryl/α,β-unsaturated/α-hetero) is 1. The number of hydrogen-bond acceptors (Lipinski definition) is 5. The van der Waals surface area contributed by atoms with Gasteiger partial charge in [0.05, 0.1) is 6.04 Å². The third-order valence-corrected chi connectivity index (χ3v) is 7.20. The molecule has 3 unspecified atom stereocenters. The summed E-state index contributed by atoms with van der Waals surface area (Å²) in [4.78, 5) is 65.8. The number of urea groups is 1. The molecule has 4 N–H and O–H groups in total. The molecule has 3 atom stereocenters. The molecule has 2 aliphatic rings. The summed E-state index contributed by atoms with van der Waals surface area (Å²) in [6, 6.07) is -3.03. The molecule has 0 aromatic carbocycles. The minimum atomic E-state index is -1.03. The van der Waals surface area contributed by atoms with Crippen molar-refractivity contribution in [1.82, 2.24) is 26.2 Å². The molecule has 0 spiro atoms. The van der Waals surface area contributed by atoms with Crippen molar-refractivity contribution in [2.75, 3.05) is 20.1 Å². The predicted octanol–water partition coefficient (Wildman–Crippen LogP) is 1.57. The number of nitrogens with zero attached hydrogens (tertiary/aromatic N) is 1. The molecule has 200 valence electrons. The number of likely N-dealkylation sites (tertiary alicyclic amines) is 1. The normalized spacial score (nSPS) is 20.4. The van der Waals surface area contributed by atoms with Crippen molar-refractivity contribution in [3.8, 4) is 0 Å². The molecular weight excluding hydrogens is 462 g/mol. The largest absolute Gasteiger partial charge is 0.346 e. The van der Waals surface area contributed by atoms with Gasteiger partial charge < -0.3 is 26.2 Å². The summed E-state index contributed by atoms with van der Waals surface area (Å²) < 4.78 is 0. The molecule has 10 heteroatoms. The zero-order valence-corrected chi connectivity index (χ0v) is 21.6. The van der Waals surface area contributed by atoms with Crippen LogP contribution in [-0.4, -0.2) is 72.7 Å². The van der Waals surface area contributed by atoms with Gasteiger partial charge in [0.15, 0.2) is 0 Å². The molecule has 5 amide bonds. The minimum absolute atomic E-state index is 0.135. The highest BCUT2D eigenvalue weighted by atomic mass is 16.2. The first-order valence-electron chi connectivity index (χ1n) is 12.8. The van der Waals surface area contributed by atoms with Crippen molar-refractivity contribution < 1.29 is 24.0 Å². The maximum absolute atomic E-state index is 13.8. The number of carbonyl (C=O) groups is 5. The van der Waals surface area contributed by atoms with Crippen molar-refractivity contribution >= 4 is 29.5 Å². The monoisotopic (exact) mass is 503 g/mol. The smallest absolute Gasteiger partial charge is 0.315 e. The van der Waals surface area contributed by atoms with Gasteiger partial charge in [0.25, 0.3) is 5.91 Å².